The topological polar surface area (TPSA) is 24.5 Å². The first-order valence-corrected chi connectivity index (χ1v) is 6.34. The van der Waals surface area contributed by atoms with Crippen LogP contribution in [0.15, 0.2) is 0 Å². The van der Waals surface area contributed by atoms with Crippen molar-refractivity contribution < 1.29 is 4.74 Å². The molecule has 2 rings (SSSR count). The zero-order chi connectivity index (χ0) is 10.7. The van der Waals surface area contributed by atoms with Gasteiger partial charge in [-0.25, -0.2) is 0 Å². The van der Waals surface area contributed by atoms with Gasteiger partial charge in [-0.2, -0.15) is 0 Å². The summed E-state index contributed by atoms with van der Waals surface area (Å²) in [4.78, 5) is 2.51. The SMILES string of the molecule is CC(C)N1CCOC(CNC2CCC2)C1. The maximum atomic E-state index is 5.77. The van der Waals surface area contributed by atoms with Crippen LogP contribution < -0.4 is 5.32 Å². The number of nitrogens with zero attached hydrogens (tertiary/aromatic N) is 1. The standard InChI is InChI=1S/C12H24N2O/c1-10(2)14-6-7-15-12(9-14)8-13-11-4-3-5-11/h10-13H,3-9H2,1-2H3. The molecule has 0 aromatic heterocycles. The van der Waals surface area contributed by atoms with Gasteiger partial charge in [0.05, 0.1) is 12.7 Å². The molecule has 88 valence electrons. The molecule has 1 N–H and O–H groups in total. The Labute approximate surface area is 93.2 Å². The summed E-state index contributed by atoms with van der Waals surface area (Å²) >= 11 is 0. The van der Waals surface area contributed by atoms with Gasteiger partial charge in [-0.05, 0) is 26.7 Å². The highest BCUT2D eigenvalue weighted by Gasteiger charge is 2.24. The minimum absolute atomic E-state index is 0.404. The Hall–Kier alpha value is -0.120. The van der Waals surface area contributed by atoms with E-state index in [1.165, 1.54) is 19.3 Å². The normalized spacial score (nSPS) is 29.4. The molecule has 0 bridgehead atoms. The van der Waals surface area contributed by atoms with Crippen LogP contribution in [0.2, 0.25) is 0 Å². The summed E-state index contributed by atoms with van der Waals surface area (Å²) < 4.78 is 5.77. The van der Waals surface area contributed by atoms with Crippen molar-refractivity contribution in [1.82, 2.24) is 10.2 Å². The second-order valence-corrected chi connectivity index (χ2v) is 5.12. The molecule has 0 radical (unpaired) electrons. The molecule has 0 amide bonds. The fourth-order valence-electron chi connectivity index (χ4n) is 2.25. The molecule has 1 aliphatic carbocycles. The van der Waals surface area contributed by atoms with Crippen molar-refractivity contribution in [3.8, 4) is 0 Å². The van der Waals surface area contributed by atoms with Gasteiger partial charge < -0.3 is 10.1 Å². The largest absolute Gasteiger partial charge is 0.374 e. The van der Waals surface area contributed by atoms with E-state index in [2.05, 4.69) is 24.1 Å². The molecule has 1 unspecified atom stereocenters. The van der Waals surface area contributed by atoms with Crippen molar-refractivity contribution in [2.45, 2.75) is 51.3 Å². The van der Waals surface area contributed by atoms with Crippen LogP contribution in [0, 0.1) is 0 Å². The van der Waals surface area contributed by atoms with Gasteiger partial charge in [-0.1, -0.05) is 6.42 Å². The highest BCUT2D eigenvalue weighted by Crippen LogP contribution is 2.18. The fourth-order valence-corrected chi connectivity index (χ4v) is 2.25. The second-order valence-electron chi connectivity index (χ2n) is 5.12. The molecule has 1 aliphatic heterocycles. The minimum Gasteiger partial charge on any atom is -0.374 e. The van der Waals surface area contributed by atoms with Crippen LogP contribution in [0.25, 0.3) is 0 Å². The maximum absolute atomic E-state index is 5.77. The Bertz CT molecular complexity index is 192. The van der Waals surface area contributed by atoms with Crippen LogP contribution in [-0.2, 0) is 4.74 Å². The van der Waals surface area contributed by atoms with Crippen molar-refractivity contribution in [1.29, 1.82) is 0 Å². The van der Waals surface area contributed by atoms with Crippen LogP contribution in [0.5, 0.6) is 0 Å². The second kappa shape index (κ2) is 5.28. The van der Waals surface area contributed by atoms with Gasteiger partial charge in [0.15, 0.2) is 0 Å². The van der Waals surface area contributed by atoms with Gasteiger partial charge in [0.2, 0.25) is 0 Å². The molecule has 1 saturated heterocycles. The third-order valence-electron chi connectivity index (χ3n) is 3.64. The van der Waals surface area contributed by atoms with Crippen molar-refractivity contribution in [3.05, 3.63) is 0 Å². The molecule has 2 fully saturated rings. The van der Waals surface area contributed by atoms with Crippen molar-refractivity contribution in [3.63, 3.8) is 0 Å². The Balaban J connectivity index is 1.67. The summed E-state index contributed by atoms with van der Waals surface area (Å²) in [7, 11) is 0. The number of morpholine rings is 1. The van der Waals surface area contributed by atoms with E-state index in [0.29, 0.717) is 12.1 Å². The lowest BCUT2D eigenvalue weighted by Gasteiger charge is -2.37. The lowest BCUT2D eigenvalue weighted by Crippen LogP contribution is -2.50. The van der Waals surface area contributed by atoms with E-state index in [1.54, 1.807) is 0 Å². The molecule has 3 nitrogen and oxygen atoms in total. The Kier molecular flexibility index (Phi) is 4.00. The quantitative estimate of drug-likeness (QED) is 0.759. The molecule has 2 aliphatic rings. The molecule has 0 spiro atoms. The average Bonchev–Trinajstić information content (AvgIpc) is 2.16. The summed E-state index contributed by atoms with van der Waals surface area (Å²) in [6.07, 6.45) is 4.53. The lowest BCUT2D eigenvalue weighted by molar-refractivity contribution is -0.0390. The smallest absolute Gasteiger partial charge is 0.0826 e. The number of hydrogen-bond acceptors (Lipinski definition) is 3. The summed E-state index contributed by atoms with van der Waals surface area (Å²) in [6, 6.07) is 1.43. The van der Waals surface area contributed by atoms with E-state index in [9.17, 15) is 0 Å². The molecule has 3 heteroatoms. The van der Waals surface area contributed by atoms with Gasteiger partial charge >= 0.3 is 0 Å². The van der Waals surface area contributed by atoms with E-state index >= 15 is 0 Å². The molecule has 1 heterocycles. The molecular formula is C12H24N2O. The van der Waals surface area contributed by atoms with Gasteiger partial charge in [-0.3, -0.25) is 4.90 Å². The molecule has 15 heavy (non-hydrogen) atoms. The van der Waals surface area contributed by atoms with E-state index < -0.39 is 0 Å². The lowest BCUT2D eigenvalue weighted by atomic mass is 9.93. The van der Waals surface area contributed by atoms with Gasteiger partial charge in [-0.15, -0.1) is 0 Å². The molecule has 0 aromatic carbocycles. The van der Waals surface area contributed by atoms with Gasteiger partial charge in [0.1, 0.15) is 0 Å². The Morgan fingerprint density at radius 3 is 2.80 bits per heavy atom. The highest BCUT2D eigenvalue weighted by atomic mass is 16.5. The van der Waals surface area contributed by atoms with Crippen LogP contribution in [0.4, 0.5) is 0 Å². The Morgan fingerprint density at radius 2 is 2.20 bits per heavy atom. The van der Waals surface area contributed by atoms with E-state index in [-0.39, 0.29) is 0 Å². The van der Waals surface area contributed by atoms with E-state index in [4.69, 9.17) is 4.74 Å². The zero-order valence-corrected chi connectivity index (χ0v) is 10.0. The first-order chi connectivity index (χ1) is 7.25. The number of hydrogen-bond donors (Lipinski definition) is 1. The number of rotatable bonds is 4. The summed E-state index contributed by atoms with van der Waals surface area (Å²) in [5.41, 5.74) is 0. The highest BCUT2D eigenvalue weighted by molar-refractivity contribution is 4.81. The van der Waals surface area contributed by atoms with Gasteiger partial charge in [0, 0.05) is 31.7 Å². The van der Waals surface area contributed by atoms with Crippen molar-refractivity contribution in [2.75, 3.05) is 26.2 Å². The van der Waals surface area contributed by atoms with Gasteiger partial charge in [0.25, 0.3) is 0 Å². The third kappa shape index (κ3) is 3.16. The maximum Gasteiger partial charge on any atom is 0.0826 e. The van der Waals surface area contributed by atoms with Crippen molar-refractivity contribution in [2.24, 2.45) is 0 Å². The van der Waals surface area contributed by atoms with Crippen LogP contribution >= 0.6 is 0 Å². The molecular weight excluding hydrogens is 188 g/mol. The van der Waals surface area contributed by atoms with Crippen LogP contribution in [-0.4, -0.2) is 49.3 Å². The van der Waals surface area contributed by atoms with Crippen LogP contribution in [0.3, 0.4) is 0 Å². The average molecular weight is 212 g/mol. The van der Waals surface area contributed by atoms with E-state index in [1.807, 2.05) is 0 Å². The summed E-state index contributed by atoms with van der Waals surface area (Å²) in [6.45, 7) is 8.65. The monoisotopic (exact) mass is 212 g/mol. The number of ether oxygens (including phenoxy) is 1. The molecule has 1 atom stereocenters. The third-order valence-corrected chi connectivity index (χ3v) is 3.64. The first-order valence-electron chi connectivity index (χ1n) is 6.34. The fraction of sp³-hybridized carbons (Fsp3) is 1.00. The molecule has 0 aromatic rings. The first kappa shape index (κ1) is 11.4. The predicted octanol–water partition coefficient (Wildman–Crippen LogP) is 1.24. The zero-order valence-electron chi connectivity index (χ0n) is 10.0. The molecule has 1 saturated carbocycles. The van der Waals surface area contributed by atoms with Crippen LogP contribution in [0.1, 0.15) is 33.1 Å². The van der Waals surface area contributed by atoms with Crippen molar-refractivity contribution >= 4 is 0 Å². The summed E-state index contributed by atoms with van der Waals surface area (Å²) in [5, 5.41) is 3.60. The number of nitrogens with one attached hydrogen (secondary N) is 1. The minimum atomic E-state index is 0.404. The summed E-state index contributed by atoms with van der Waals surface area (Å²) in [5.74, 6) is 0. The van der Waals surface area contributed by atoms with E-state index in [0.717, 1.165) is 32.3 Å². The predicted molar refractivity (Wildman–Crippen MR) is 62.1 cm³/mol. The Morgan fingerprint density at radius 1 is 1.40 bits per heavy atom.